The molecule has 11 heavy (non-hydrogen) atoms. The molecule has 66 valence electrons. The highest BCUT2D eigenvalue weighted by Crippen LogP contribution is 2.23. The van der Waals surface area contributed by atoms with E-state index >= 15 is 0 Å². The first-order chi connectivity index (χ1) is 5.10. The maximum Gasteiger partial charge on any atom is 0.219 e. The van der Waals surface area contributed by atoms with Gasteiger partial charge in [-0.25, -0.2) is 0 Å². The normalized spacial score (nSPS) is 44.7. The maximum atomic E-state index is 9.37. The third-order valence-corrected chi connectivity index (χ3v) is 1.68. The zero-order valence-electron chi connectivity index (χ0n) is 6.23. The van der Waals surface area contributed by atoms with Crippen LogP contribution in [0, 0.1) is 0 Å². The first-order valence-electron chi connectivity index (χ1n) is 3.31. The zero-order valence-corrected chi connectivity index (χ0v) is 6.23. The van der Waals surface area contributed by atoms with E-state index in [0.29, 0.717) is 0 Å². The fraction of sp³-hybridized carbons (Fsp3) is 1.00. The van der Waals surface area contributed by atoms with E-state index in [1.807, 2.05) is 0 Å². The van der Waals surface area contributed by atoms with Gasteiger partial charge in [-0.3, -0.25) is 0 Å². The molecule has 3 N–H and O–H groups in total. The van der Waals surface area contributed by atoms with E-state index in [-0.39, 0.29) is 13.2 Å². The summed E-state index contributed by atoms with van der Waals surface area (Å²) < 4.78 is 9.34. The highest BCUT2D eigenvalue weighted by molar-refractivity contribution is 4.88. The lowest BCUT2D eigenvalue weighted by Gasteiger charge is -2.24. The van der Waals surface area contributed by atoms with Crippen LogP contribution in [-0.4, -0.2) is 53.6 Å². The lowest BCUT2D eigenvalue weighted by Crippen LogP contribution is -2.46. The summed E-state index contributed by atoms with van der Waals surface area (Å²) in [6, 6.07) is 0. The average molecular weight is 164 g/mol. The summed E-state index contributed by atoms with van der Waals surface area (Å²) in [5.74, 6) is -1.74. The number of ether oxygens (including phenoxy) is 2. The Kier molecular flexibility index (Phi) is 2.46. The maximum absolute atomic E-state index is 9.37. The van der Waals surface area contributed by atoms with Crippen molar-refractivity contribution in [2.75, 3.05) is 20.3 Å². The Morgan fingerprint density at radius 2 is 2.27 bits per heavy atom. The minimum atomic E-state index is -1.74. The summed E-state index contributed by atoms with van der Waals surface area (Å²) in [6.07, 6.45) is -2.32. The Morgan fingerprint density at radius 1 is 1.64 bits per heavy atom. The smallest absolute Gasteiger partial charge is 0.219 e. The minimum absolute atomic E-state index is 0.0684. The summed E-state index contributed by atoms with van der Waals surface area (Å²) in [5.41, 5.74) is 0. The quantitative estimate of drug-likeness (QED) is 0.443. The van der Waals surface area contributed by atoms with E-state index in [9.17, 15) is 5.11 Å². The Bertz CT molecular complexity index is 135. The molecule has 0 amide bonds. The van der Waals surface area contributed by atoms with Crippen LogP contribution in [0.3, 0.4) is 0 Å². The minimum Gasteiger partial charge on any atom is -0.388 e. The molecule has 5 heteroatoms. The highest BCUT2D eigenvalue weighted by atomic mass is 16.7. The fourth-order valence-electron chi connectivity index (χ4n) is 1.04. The van der Waals surface area contributed by atoms with E-state index in [1.54, 1.807) is 0 Å². The lowest BCUT2D eigenvalue weighted by molar-refractivity contribution is -0.238. The summed E-state index contributed by atoms with van der Waals surface area (Å²) in [5, 5.41) is 27.5. The van der Waals surface area contributed by atoms with Crippen molar-refractivity contribution >= 4 is 0 Å². The number of hydrogen-bond acceptors (Lipinski definition) is 5. The number of aliphatic hydroxyl groups excluding tert-OH is 2. The van der Waals surface area contributed by atoms with Crippen LogP contribution in [0.25, 0.3) is 0 Å². The van der Waals surface area contributed by atoms with E-state index < -0.39 is 18.0 Å². The topological polar surface area (TPSA) is 79.2 Å². The van der Waals surface area contributed by atoms with Crippen molar-refractivity contribution in [3.8, 4) is 0 Å². The van der Waals surface area contributed by atoms with Crippen molar-refractivity contribution in [1.29, 1.82) is 0 Å². The van der Waals surface area contributed by atoms with E-state index in [0.717, 1.165) is 0 Å². The monoisotopic (exact) mass is 164 g/mol. The van der Waals surface area contributed by atoms with Gasteiger partial charge in [0, 0.05) is 7.11 Å². The molecule has 5 nitrogen and oxygen atoms in total. The Balaban J connectivity index is 2.57. The van der Waals surface area contributed by atoms with Crippen LogP contribution >= 0.6 is 0 Å². The fourth-order valence-corrected chi connectivity index (χ4v) is 1.04. The summed E-state index contributed by atoms with van der Waals surface area (Å²) in [6.45, 7) is -0.216. The molecule has 3 unspecified atom stereocenters. The summed E-state index contributed by atoms with van der Waals surface area (Å²) in [7, 11) is 1.37. The number of hydrogen-bond donors (Lipinski definition) is 3. The number of methoxy groups -OCH3 is 1. The molecule has 1 fully saturated rings. The molecule has 0 bridgehead atoms. The van der Waals surface area contributed by atoms with Crippen molar-refractivity contribution in [2.24, 2.45) is 0 Å². The van der Waals surface area contributed by atoms with Gasteiger partial charge in [-0.1, -0.05) is 0 Å². The molecule has 1 rings (SSSR count). The third kappa shape index (κ3) is 1.52. The molecule has 0 aliphatic carbocycles. The van der Waals surface area contributed by atoms with Crippen LogP contribution in [0.1, 0.15) is 0 Å². The Labute approximate surface area is 64.2 Å². The number of rotatable bonds is 2. The average Bonchev–Trinajstić information content (AvgIpc) is 2.19. The van der Waals surface area contributed by atoms with E-state index in [4.69, 9.17) is 14.9 Å². The molecule has 1 saturated heterocycles. The second kappa shape index (κ2) is 3.04. The third-order valence-electron chi connectivity index (χ3n) is 1.68. The molecule has 1 aliphatic rings. The molecule has 1 aliphatic heterocycles. The van der Waals surface area contributed by atoms with Crippen molar-refractivity contribution in [3.63, 3.8) is 0 Å². The molecular formula is C6H12O5. The Hall–Kier alpha value is -0.200. The van der Waals surface area contributed by atoms with Gasteiger partial charge < -0.3 is 24.8 Å². The molecule has 0 aromatic rings. The van der Waals surface area contributed by atoms with Crippen LogP contribution in [0.15, 0.2) is 0 Å². The van der Waals surface area contributed by atoms with Gasteiger partial charge in [0.2, 0.25) is 5.79 Å². The van der Waals surface area contributed by atoms with Crippen LogP contribution in [0.5, 0.6) is 0 Å². The Morgan fingerprint density at radius 3 is 2.64 bits per heavy atom. The van der Waals surface area contributed by atoms with Gasteiger partial charge in [0.25, 0.3) is 0 Å². The largest absolute Gasteiger partial charge is 0.388 e. The highest BCUT2D eigenvalue weighted by Gasteiger charge is 2.47. The van der Waals surface area contributed by atoms with Gasteiger partial charge in [-0.2, -0.15) is 0 Å². The lowest BCUT2D eigenvalue weighted by atomic mass is 10.1. The summed E-state index contributed by atoms with van der Waals surface area (Å²) >= 11 is 0. The van der Waals surface area contributed by atoms with Crippen LogP contribution < -0.4 is 0 Å². The van der Waals surface area contributed by atoms with Crippen LogP contribution in [0.2, 0.25) is 0 Å². The van der Waals surface area contributed by atoms with Crippen LogP contribution in [-0.2, 0) is 9.47 Å². The second-order valence-corrected chi connectivity index (χ2v) is 2.60. The molecule has 0 radical (unpaired) electrons. The number of aliphatic hydroxyl groups is 3. The van der Waals surface area contributed by atoms with Gasteiger partial charge in [0.05, 0.1) is 6.61 Å². The molecule has 0 aromatic carbocycles. The van der Waals surface area contributed by atoms with Gasteiger partial charge in [0.15, 0.2) is 0 Å². The van der Waals surface area contributed by atoms with Crippen molar-refractivity contribution in [3.05, 3.63) is 0 Å². The molecular weight excluding hydrogens is 152 g/mol. The first kappa shape index (κ1) is 8.89. The SMILES string of the molecule is COCC1(O)OCC(O)C1O. The molecule has 0 aromatic heterocycles. The first-order valence-corrected chi connectivity index (χ1v) is 3.31. The molecule has 0 saturated carbocycles. The standard InChI is InChI=1S/C6H12O5/c1-10-3-6(9)5(8)4(7)2-11-6/h4-5,7-9H,2-3H2,1H3. The van der Waals surface area contributed by atoms with Crippen molar-refractivity contribution < 1.29 is 24.8 Å². The van der Waals surface area contributed by atoms with Crippen molar-refractivity contribution in [2.45, 2.75) is 18.0 Å². The predicted octanol–water partition coefficient (Wildman–Crippen LogP) is -1.93. The molecule has 0 spiro atoms. The van der Waals surface area contributed by atoms with Gasteiger partial charge >= 0.3 is 0 Å². The van der Waals surface area contributed by atoms with Gasteiger partial charge in [-0.15, -0.1) is 0 Å². The van der Waals surface area contributed by atoms with Crippen molar-refractivity contribution in [1.82, 2.24) is 0 Å². The van der Waals surface area contributed by atoms with Crippen LogP contribution in [0.4, 0.5) is 0 Å². The molecule has 1 heterocycles. The predicted molar refractivity (Wildman–Crippen MR) is 34.8 cm³/mol. The zero-order chi connectivity index (χ0) is 8.48. The van der Waals surface area contributed by atoms with Gasteiger partial charge in [-0.05, 0) is 0 Å². The van der Waals surface area contributed by atoms with E-state index in [1.165, 1.54) is 7.11 Å². The molecule has 3 atom stereocenters. The van der Waals surface area contributed by atoms with E-state index in [2.05, 4.69) is 4.74 Å². The van der Waals surface area contributed by atoms with Gasteiger partial charge in [0.1, 0.15) is 18.8 Å². The second-order valence-electron chi connectivity index (χ2n) is 2.60. The summed E-state index contributed by atoms with van der Waals surface area (Å²) in [4.78, 5) is 0.